The number of aromatic nitrogens is 1. The molecule has 1 fully saturated rings. The molecule has 2 aliphatic rings. The van der Waals surface area contributed by atoms with Crippen molar-refractivity contribution in [2.24, 2.45) is 0 Å². The van der Waals surface area contributed by atoms with Gasteiger partial charge in [0.25, 0.3) is 0 Å². The monoisotopic (exact) mass is 389 g/mol. The number of amides is 2. The van der Waals surface area contributed by atoms with Crippen molar-refractivity contribution in [3.8, 4) is 6.07 Å². The zero-order valence-electron chi connectivity index (χ0n) is 16.2. The van der Waals surface area contributed by atoms with E-state index < -0.39 is 0 Å². The number of fused-ring (bicyclic) bond motifs is 1. The van der Waals surface area contributed by atoms with Gasteiger partial charge in [-0.2, -0.15) is 5.26 Å². The van der Waals surface area contributed by atoms with Gasteiger partial charge in [-0.15, -0.1) is 11.3 Å². The summed E-state index contributed by atoms with van der Waals surface area (Å²) < 4.78 is 0. The van der Waals surface area contributed by atoms with Crippen LogP contribution in [0.15, 0.2) is 0 Å². The molecule has 2 aliphatic heterocycles. The molecule has 8 heteroatoms. The highest BCUT2D eigenvalue weighted by atomic mass is 32.1. The normalized spacial score (nSPS) is 19.7. The van der Waals surface area contributed by atoms with Crippen LogP contribution in [-0.4, -0.2) is 57.8 Å². The number of nitrogens with zero attached hydrogens (tertiary/aromatic N) is 4. The van der Waals surface area contributed by atoms with Gasteiger partial charge in [-0.1, -0.05) is 0 Å². The van der Waals surface area contributed by atoms with E-state index in [-0.39, 0.29) is 29.9 Å². The Morgan fingerprint density at radius 1 is 1.41 bits per heavy atom. The van der Waals surface area contributed by atoms with Crippen LogP contribution in [0.3, 0.4) is 0 Å². The molecule has 0 bridgehead atoms. The molecule has 146 valence electrons. The lowest BCUT2D eigenvalue weighted by atomic mass is 10.0. The topological polar surface area (TPSA) is 89.3 Å². The van der Waals surface area contributed by atoms with Gasteiger partial charge >= 0.3 is 0 Å². The molecule has 1 N–H and O–H groups in total. The van der Waals surface area contributed by atoms with E-state index in [1.54, 1.807) is 23.2 Å². The molecule has 3 rings (SSSR count). The molecule has 1 saturated heterocycles. The highest BCUT2D eigenvalue weighted by Crippen LogP contribution is 2.27. The van der Waals surface area contributed by atoms with Crippen molar-refractivity contribution in [3.05, 3.63) is 15.6 Å². The largest absolute Gasteiger partial charge is 0.337 e. The molecular formula is C19H27N5O2S. The third-order valence-electron chi connectivity index (χ3n) is 5.25. The first-order chi connectivity index (χ1) is 12.8. The Bertz CT molecular complexity index is 767. The fourth-order valence-electron chi connectivity index (χ4n) is 3.65. The summed E-state index contributed by atoms with van der Waals surface area (Å²) in [5, 5.41) is 13.5. The minimum Gasteiger partial charge on any atom is -0.337 e. The van der Waals surface area contributed by atoms with E-state index in [0.29, 0.717) is 13.1 Å². The molecule has 3 heterocycles. The second kappa shape index (κ2) is 7.95. The molecule has 27 heavy (non-hydrogen) atoms. The first kappa shape index (κ1) is 19.8. The predicted octanol–water partition coefficient (Wildman–Crippen LogP) is 1.47. The Morgan fingerprint density at radius 2 is 2.19 bits per heavy atom. The van der Waals surface area contributed by atoms with Gasteiger partial charge < -0.3 is 15.1 Å². The van der Waals surface area contributed by atoms with Gasteiger partial charge in [0, 0.05) is 43.3 Å². The minimum absolute atomic E-state index is 0.0114. The number of carbonyl (C=O) groups excluding carboxylic acids is 2. The zero-order chi connectivity index (χ0) is 19.6. The van der Waals surface area contributed by atoms with Crippen LogP contribution in [0.4, 0.5) is 0 Å². The van der Waals surface area contributed by atoms with E-state index in [1.807, 2.05) is 4.90 Å². The molecule has 1 atom stereocenters. The van der Waals surface area contributed by atoms with Crippen LogP contribution in [0.25, 0.3) is 0 Å². The molecule has 2 amide bonds. The standard InChI is InChI=1S/C19H27N5O2S/c1-13(25)23-8-6-15-16(12-23)27-17(22-15)9-19(2,3)21-11-18(26)24-7-4-5-14(24)10-20/h14,21H,4-9,11-12H2,1-3H3/t14-/m0/s1. The summed E-state index contributed by atoms with van der Waals surface area (Å²) in [6.45, 7) is 8.02. The SMILES string of the molecule is CC(=O)N1CCc2nc(CC(C)(C)NCC(=O)N3CCC[C@H]3C#N)sc2C1. The zero-order valence-corrected chi connectivity index (χ0v) is 17.1. The van der Waals surface area contributed by atoms with Crippen LogP contribution in [0.2, 0.25) is 0 Å². The van der Waals surface area contributed by atoms with Crippen LogP contribution in [0.1, 0.15) is 49.2 Å². The molecule has 0 radical (unpaired) electrons. The highest BCUT2D eigenvalue weighted by Gasteiger charge is 2.30. The summed E-state index contributed by atoms with van der Waals surface area (Å²) in [5.41, 5.74) is 0.825. The number of nitriles is 1. The Kier molecular flexibility index (Phi) is 5.82. The van der Waals surface area contributed by atoms with Gasteiger partial charge in [0.05, 0.1) is 29.9 Å². The van der Waals surface area contributed by atoms with Crippen molar-refractivity contribution < 1.29 is 9.59 Å². The number of likely N-dealkylation sites (tertiary alicyclic amines) is 1. The van der Waals surface area contributed by atoms with E-state index >= 15 is 0 Å². The molecular weight excluding hydrogens is 362 g/mol. The van der Waals surface area contributed by atoms with Crippen LogP contribution in [-0.2, 0) is 29.0 Å². The van der Waals surface area contributed by atoms with Crippen molar-refractivity contribution >= 4 is 23.2 Å². The molecule has 0 unspecified atom stereocenters. The van der Waals surface area contributed by atoms with Crippen molar-refractivity contribution in [2.75, 3.05) is 19.6 Å². The van der Waals surface area contributed by atoms with Gasteiger partial charge in [0.2, 0.25) is 11.8 Å². The quantitative estimate of drug-likeness (QED) is 0.824. The van der Waals surface area contributed by atoms with E-state index in [0.717, 1.165) is 42.9 Å². The summed E-state index contributed by atoms with van der Waals surface area (Å²) in [6, 6.07) is 1.93. The first-order valence-electron chi connectivity index (χ1n) is 9.46. The lowest BCUT2D eigenvalue weighted by molar-refractivity contribution is -0.131. The summed E-state index contributed by atoms with van der Waals surface area (Å²) in [6.07, 6.45) is 3.20. The summed E-state index contributed by atoms with van der Waals surface area (Å²) in [5.74, 6) is 0.0938. The maximum absolute atomic E-state index is 12.4. The predicted molar refractivity (Wildman–Crippen MR) is 103 cm³/mol. The average Bonchev–Trinajstić information content (AvgIpc) is 3.24. The molecule has 0 spiro atoms. The van der Waals surface area contributed by atoms with Crippen LogP contribution in [0, 0.1) is 11.3 Å². The van der Waals surface area contributed by atoms with E-state index in [9.17, 15) is 9.59 Å². The fourth-order valence-corrected chi connectivity index (χ4v) is 5.01. The summed E-state index contributed by atoms with van der Waals surface area (Å²) in [7, 11) is 0. The number of hydrogen-bond donors (Lipinski definition) is 1. The smallest absolute Gasteiger partial charge is 0.237 e. The molecule has 0 aromatic carbocycles. The number of rotatable bonds is 5. The van der Waals surface area contributed by atoms with E-state index in [1.165, 1.54) is 4.88 Å². The van der Waals surface area contributed by atoms with E-state index in [4.69, 9.17) is 10.2 Å². The minimum atomic E-state index is -0.280. The van der Waals surface area contributed by atoms with Gasteiger partial charge in [0.15, 0.2) is 0 Å². The number of carbonyl (C=O) groups is 2. The molecule has 1 aromatic heterocycles. The number of nitrogens with one attached hydrogen (secondary N) is 1. The van der Waals surface area contributed by atoms with Gasteiger partial charge in [-0.05, 0) is 26.7 Å². The molecule has 1 aromatic rings. The van der Waals surface area contributed by atoms with Crippen LogP contribution in [0.5, 0.6) is 0 Å². The van der Waals surface area contributed by atoms with Crippen LogP contribution >= 0.6 is 11.3 Å². The molecule has 7 nitrogen and oxygen atoms in total. The van der Waals surface area contributed by atoms with Gasteiger partial charge in [0.1, 0.15) is 6.04 Å². The maximum Gasteiger partial charge on any atom is 0.237 e. The molecule has 0 saturated carbocycles. The second-order valence-corrected chi connectivity index (χ2v) is 9.12. The third-order valence-corrected chi connectivity index (χ3v) is 6.34. The summed E-state index contributed by atoms with van der Waals surface area (Å²) >= 11 is 1.66. The van der Waals surface area contributed by atoms with Crippen molar-refractivity contribution in [1.29, 1.82) is 5.26 Å². The van der Waals surface area contributed by atoms with Crippen LogP contribution < -0.4 is 5.32 Å². The van der Waals surface area contributed by atoms with Crippen molar-refractivity contribution in [2.45, 2.75) is 64.6 Å². The first-order valence-corrected chi connectivity index (χ1v) is 10.3. The Morgan fingerprint density at radius 3 is 2.89 bits per heavy atom. The number of thiazole rings is 1. The lowest BCUT2D eigenvalue weighted by Crippen LogP contribution is -2.48. The number of hydrogen-bond acceptors (Lipinski definition) is 6. The van der Waals surface area contributed by atoms with E-state index in [2.05, 4.69) is 25.2 Å². The Hall–Kier alpha value is -1.98. The fraction of sp³-hybridized carbons (Fsp3) is 0.684. The van der Waals surface area contributed by atoms with Gasteiger partial charge in [-0.3, -0.25) is 9.59 Å². The Labute approximate surface area is 164 Å². The third kappa shape index (κ3) is 4.66. The molecule has 0 aliphatic carbocycles. The average molecular weight is 390 g/mol. The highest BCUT2D eigenvalue weighted by molar-refractivity contribution is 7.11. The lowest BCUT2D eigenvalue weighted by Gasteiger charge is -2.27. The Balaban J connectivity index is 1.56. The van der Waals surface area contributed by atoms with Gasteiger partial charge in [-0.25, -0.2) is 4.98 Å². The van der Waals surface area contributed by atoms with Crippen molar-refractivity contribution in [3.63, 3.8) is 0 Å². The van der Waals surface area contributed by atoms with Crippen molar-refractivity contribution in [1.82, 2.24) is 20.1 Å². The maximum atomic E-state index is 12.4. The summed E-state index contributed by atoms with van der Waals surface area (Å²) in [4.78, 5) is 33.5. The second-order valence-electron chi connectivity index (χ2n) is 7.96.